The summed E-state index contributed by atoms with van der Waals surface area (Å²) in [5.41, 5.74) is 1.64. The quantitative estimate of drug-likeness (QED) is 0.443. The molecule has 1 heterocycles. The number of carbonyl (C=O) groups excluding carboxylic acids is 1. The Bertz CT molecular complexity index is 1040. The number of carboxylic acids is 1. The maximum Gasteiger partial charge on any atom is 0.416 e. The number of fused-ring (bicyclic) bond motifs is 1. The highest BCUT2D eigenvalue weighted by atomic mass is 35.5. The van der Waals surface area contributed by atoms with Gasteiger partial charge in [0, 0.05) is 24.3 Å². The van der Waals surface area contributed by atoms with Crippen molar-refractivity contribution in [2.75, 3.05) is 24.5 Å². The second-order valence-corrected chi connectivity index (χ2v) is 8.78. The molecule has 1 amide bonds. The van der Waals surface area contributed by atoms with E-state index in [0.29, 0.717) is 30.7 Å². The van der Waals surface area contributed by atoms with Crippen LogP contribution in [0.15, 0.2) is 36.4 Å². The summed E-state index contributed by atoms with van der Waals surface area (Å²) in [4.78, 5) is 24.6. The van der Waals surface area contributed by atoms with Crippen LogP contribution >= 0.6 is 12.4 Å². The van der Waals surface area contributed by atoms with E-state index in [1.165, 1.54) is 12.1 Å². The van der Waals surface area contributed by atoms with Crippen LogP contribution in [0, 0.1) is 5.92 Å². The van der Waals surface area contributed by atoms with Crippen molar-refractivity contribution in [2.45, 2.75) is 45.9 Å². The zero-order valence-electron chi connectivity index (χ0n) is 19.7. The smallest absolute Gasteiger partial charge is 0.416 e. The molecule has 10 heteroatoms. The molecule has 35 heavy (non-hydrogen) atoms. The first-order chi connectivity index (χ1) is 16.0. The molecule has 1 aliphatic rings. The van der Waals surface area contributed by atoms with Crippen molar-refractivity contribution in [1.82, 2.24) is 5.32 Å². The van der Waals surface area contributed by atoms with Gasteiger partial charge in [-0.3, -0.25) is 9.59 Å². The van der Waals surface area contributed by atoms with Gasteiger partial charge in [-0.2, -0.15) is 13.2 Å². The summed E-state index contributed by atoms with van der Waals surface area (Å²) in [6.07, 6.45) is -3.37. The average molecular weight is 515 g/mol. The van der Waals surface area contributed by atoms with Gasteiger partial charge in [-0.05, 0) is 54.2 Å². The van der Waals surface area contributed by atoms with E-state index in [-0.39, 0.29) is 55.9 Å². The van der Waals surface area contributed by atoms with Crippen molar-refractivity contribution < 1.29 is 32.6 Å². The van der Waals surface area contributed by atoms with Crippen LogP contribution in [0.2, 0.25) is 0 Å². The average Bonchev–Trinajstić information content (AvgIpc) is 3.18. The lowest BCUT2D eigenvalue weighted by atomic mass is 9.98. The molecule has 0 fully saturated rings. The van der Waals surface area contributed by atoms with E-state index in [1.807, 2.05) is 13.8 Å². The molecule has 0 bridgehead atoms. The second-order valence-electron chi connectivity index (χ2n) is 8.78. The summed E-state index contributed by atoms with van der Waals surface area (Å²) in [6.45, 7) is 4.41. The van der Waals surface area contributed by atoms with Gasteiger partial charge in [0.2, 0.25) is 5.91 Å². The van der Waals surface area contributed by atoms with Crippen molar-refractivity contribution in [3.8, 4) is 5.75 Å². The summed E-state index contributed by atoms with van der Waals surface area (Å²) >= 11 is 0. The van der Waals surface area contributed by atoms with E-state index < -0.39 is 17.7 Å². The van der Waals surface area contributed by atoms with Gasteiger partial charge >= 0.3 is 12.1 Å². The van der Waals surface area contributed by atoms with Gasteiger partial charge in [0.25, 0.3) is 0 Å². The highest BCUT2D eigenvalue weighted by Crippen LogP contribution is 2.35. The third-order valence-electron chi connectivity index (χ3n) is 5.56. The van der Waals surface area contributed by atoms with Gasteiger partial charge in [0.1, 0.15) is 12.4 Å². The van der Waals surface area contributed by atoms with Gasteiger partial charge in [0.15, 0.2) is 0 Å². The number of rotatable bonds is 10. The maximum atomic E-state index is 13.6. The normalized spacial score (nSPS) is 12.9. The molecule has 0 atom stereocenters. The van der Waals surface area contributed by atoms with Crippen LogP contribution in [-0.2, 0) is 35.2 Å². The van der Waals surface area contributed by atoms with E-state index >= 15 is 0 Å². The molecule has 0 aromatic heterocycles. The van der Waals surface area contributed by atoms with E-state index in [2.05, 4.69) is 5.32 Å². The lowest BCUT2D eigenvalue weighted by Crippen LogP contribution is -2.37. The molecule has 3 rings (SSSR count). The number of halogens is 4. The summed E-state index contributed by atoms with van der Waals surface area (Å²) < 4.78 is 46.5. The van der Waals surface area contributed by atoms with E-state index in [1.54, 1.807) is 29.2 Å². The molecule has 0 radical (unpaired) electrons. The number of carboxylic acid groups (broad SMARTS) is 1. The zero-order chi connectivity index (χ0) is 24.9. The number of hydrogen-bond donors (Lipinski definition) is 2. The number of amides is 1. The van der Waals surface area contributed by atoms with Crippen LogP contribution in [0.1, 0.15) is 42.5 Å². The SMILES string of the molecule is CC(C)Cc1ccc(COc2ccc3c(c2)CCN3C(=O)CNCCC(=O)O)c(C(F)(F)F)c1.Cl. The van der Waals surface area contributed by atoms with E-state index in [0.717, 1.165) is 11.3 Å². The molecule has 0 spiro atoms. The minimum atomic E-state index is -4.47. The van der Waals surface area contributed by atoms with Crippen molar-refractivity contribution >= 4 is 30.0 Å². The van der Waals surface area contributed by atoms with E-state index in [9.17, 15) is 22.8 Å². The van der Waals surface area contributed by atoms with E-state index in [4.69, 9.17) is 9.84 Å². The largest absolute Gasteiger partial charge is 0.489 e. The van der Waals surface area contributed by atoms with Gasteiger partial charge in [-0.1, -0.05) is 26.0 Å². The number of aliphatic carboxylic acids is 1. The number of anilines is 1. The molecule has 0 unspecified atom stereocenters. The Kier molecular flexibility index (Phi) is 9.97. The van der Waals surface area contributed by atoms with Gasteiger partial charge < -0.3 is 20.1 Å². The van der Waals surface area contributed by atoms with Gasteiger partial charge in [0.05, 0.1) is 18.5 Å². The summed E-state index contributed by atoms with van der Waals surface area (Å²) in [5, 5.41) is 11.5. The number of ether oxygens (including phenoxy) is 1. The van der Waals surface area contributed by atoms with Crippen LogP contribution < -0.4 is 15.0 Å². The molecule has 1 aliphatic heterocycles. The van der Waals surface area contributed by atoms with Crippen LogP contribution in [0.5, 0.6) is 5.75 Å². The molecular weight excluding hydrogens is 485 g/mol. The molecule has 2 aromatic rings. The molecule has 2 N–H and O–H groups in total. The Morgan fingerprint density at radius 1 is 1.17 bits per heavy atom. The first-order valence-corrected chi connectivity index (χ1v) is 11.2. The predicted octanol–water partition coefficient (Wildman–Crippen LogP) is 4.86. The molecule has 6 nitrogen and oxygen atoms in total. The maximum absolute atomic E-state index is 13.6. The summed E-state index contributed by atoms with van der Waals surface area (Å²) in [7, 11) is 0. The fraction of sp³-hybridized carbons (Fsp3) is 0.440. The standard InChI is InChI=1S/C25H29F3N2O4.ClH/c1-16(2)11-17-3-4-19(21(12-17)25(26,27)28)15-34-20-5-6-22-18(13-20)8-10-30(22)23(31)14-29-9-7-24(32)33;/h3-6,12-13,16,29H,7-11,14-15H2,1-2H3,(H,32,33);1H. The fourth-order valence-corrected chi connectivity index (χ4v) is 3.99. The fourth-order valence-electron chi connectivity index (χ4n) is 3.99. The molecule has 0 saturated carbocycles. The van der Waals surface area contributed by atoms with Crippen LogP contribution in [0.4, 0.5) is 18.9 Å². The van der Waals surface area contributed by atoms with Crippen LogP contribution in [0.3, 0.4) is 0 Å². The lowest BCUT2D eigenvalue weighted by molar-refractivity contribution is -0.139. The van der Waals surface area contributed by atoms with Crippen LogP contribution in [-0.4, -0.2) is 36.6 Å². The summed E-state index contributed by atoms with van der Waals surface area (Å²) in [6, 6.07) is 9.51. The molecule has 192 valence electrons. The Balaban J connectivity index is 0.00000432. The topological polar surface area (TPSA) is 78.9 Å². The first-order valence-electron chi connectivity index (χ1n) is 11.2. The minimum Gasteiger partial charge on any atom is -0.489 e. The highest BCUT2D eigenvalue weighted by molar-refractivity contribution is 5.96. The Hall–Kier alpha value is -2.78. The summed E-state index contributed by atoms with van der Waals surface area (Å²) in [5.74, 6) is -0.421. The molecular formula is C25H30ClF3N2O4. The first kappa shape index (κ1) is 28.5. The van der Waals surface area contributed by atoms with Crippen LogP contribution in [0.25, 0.3) is 0 Å². The third-order valence-corrected chi connectivity index (χ3v) is 5.56. The number of nitrogens with one attached hydrogen (secondary N) is 1. The van der Waals surface area contributed by atoms with Crippen molar-refractivity contribution in [1.29, 1.82) is 0 Å². The number of alkyl halides is 3. The number of nitrogens with zero attached hydrogens (tertiary/aromatic N) is 1. The van der Waals surface area contributed by atoms with Crippen molar-refractivity contribution in [3.05, 3.63) is 58.7 Å². The highest BCUT2D eigenvalue weighted by Gasteiger charge is 2.34. The molecule has 0 saturated heterocycles. The Morgan fingerprint density at radius 2 is 1.91 bits per heavy atom. The van der Waals surface area contributed by atoms with Crippen molar-refractivity contribution in [3.63, 3.8) is 0 Å². The number of benzene rings is 2. The van der Waals surface area contributed by atoms with Crippen molar-refractivity contribution in [2.24, 2.45) is 5.92 Å². The third kappa shape index (κ3) is 7.86. The molecule has 2 aromatic carbocycles. The molecule has 0 aliphatic carbocycles. The van der Waals surface area contributed by atoms with Gasteiger partial charge in [-0.25, -0.2) is 0 Å². The zero-order valence-corrected chi connectivity index (χ0v) is 20.5. The number of hydrogen-bond acceptors (Lipinski definition) is 4. The second kappa shape index (κ2) is 12.3. The lowest BCUT2D eigenvalue weighted by Gasteiger charge is -2.18. The predicted molar refractivity (Wildman–Crippen MR) is 129 cm³/mol. The van der Waals surface area contributed by atoms with Gasteiger partial charge in [-0.15, -0.1) is 12.4 Å². The minimum absolute atomic E-state index is 0. The monoisotopic (exact) mass is 514 g/mol. The number of carbonyl (C=O) groups is 2. The Morgan fingerprint density at radius 3 is 2.57 bits per heavy atom. The Labute approximate surface area is 208 Å².